The lowest BCUT2D eigenvalue weighted by Gasteiger charge is -2.27. The molecule has 0 saturated heterocycles. The van der Waals surface area contributed by atoms with Crippen molar-refractivity contribution in [2.24, 2.45) is 5.73 Å². The summed E-state index contributed by atoms with van der Waals surface area (Å²) in [4.78, 5) is 2.55. The van der Waals surface area contributed by atoms with Gasteiger partial charge in [-0.1, -0.05) is 31.6 Å². The maximum atomic E-state index is 9.63. The van der Waals surface area contributed by atoms with Gasteiger partial charge in [-0.3, -0.25) is 4.90 Å². The minimum atomic E-state index is -0.143. The molecule has 1 aromatic rings. The summed E-state index contributed by atoms with van der Waals surface area (Å²) in [6.45, 7) is 3.06. The van der Waals surface area contributed by atoms with Crippen LogP contribution in [0.4, 0.5) is 0 Å². The van der Waals surface area contributed by atoms with Gasteiger partial charge in [0.05, 0.1) is 18.1 Å². The molecular weight excluding hydrogens is 260 g/mol. The highest BCUT2D eigenvalue weighted by atomic mass is 32.1. The van der Waals surface area contributed by atoms with Crippen LogP contribution in [0.25, 0.3) is 0 Å². The Kier molecular flexibility index (Phi) is 6.05. The average molecular weight is 282 g/mol. The first kappa shape index (κ1) is 15.7. The Bertz CT molecular complexity index is 437. The Balaban J connectivity index is 3.02. The zero-order valence-electron chi connectivity index (χ0n) is 11.7. The second kappa shape index (κ2) is 7.31. The van der Waals surface area contributed by atoms with Gasteiger partial charge in [0, 0.05) is 0 Å². The van der Waals surface area contributed by atoms with E-state index in [1.165, 1.54) is 7.11 Å². The molecule has 106 valence electrons. The number of benzene rings is 1. The number of unbranched alkanes of at least 4 members (excludes halogenated alkanes) is 1. The summed E-state index contributed by atoms with van der Waals surface area (Å²) < 4.78 is 5.12. The number of hydrogen-bond acceptors (Lipinski definition) is 4. The molecule has 0 aromatic heterocycles. The number of phenols is 1. The first-order chi connectivity index (χ1) is 9.01. The largest absolute Gasteiger partial charge is 0.504 e. The van der Waals surface area contributed by atoms with Gasteiger partial charge in [0.15, 0.2) is 11.5 Å². The van der Waals surface area contributed by atoms with E-state index in [-0.39, 0.29) is 11.8 Å². The molecule has 1 aromatic carbocycles. The molecule has 3 N–H and O–H groups in total. The fourth-order valence-corrected chi connectivity index (χ4v) is 2.35. The van der Waals surface area contributed by atoms with Gasteiger partial charge in [-0.25, -0.2) is 0 Å². The van der Waals surface area contributed by atoms with E-state index < -0.39 is 0 Å². The van der Waals surface area contributed by atoms with Crippen molar-refractivity contribution in [1.29, 1.82) is 0 Å². The maximum Gasteiger partial charge on any atom is 0.160 e. The van der Waals surface area contributed by atoms with Crippen molar-refractivity contribution in [2.75, 3.05) is 20.7 Å². The molecule has 1 unspecified atom stereocenters. The van der Waals surface area contributed by atoms with Gasteiger partial charge in [0.25, 0.3) is 0 Å². The first-order valence-electron chi connectivity index (χ1n) is 6.37. The van der Waals surface area contributed by atoms with Crippen molar-refractivity contribution in [3.8, 4) is 11.5 Å². The van der Waals surface area contributed by atoms with Crippen molar-refractivity contribution in [3.63, 3.8) is 0 Å². The predicted molar refractivity (Wildman–Crippen MR) is 81.7 cm³/mol. The Morgan fingerprint density at radius 1 is 1.53 bits per heavy atom. The number of ether oxygens (including phenoxy) is 1. The van der Waals surface area contributed by atoms with Crippen molar-refractivity contribution < 1.29 is 9.84 Å². The fourth-order valence-electron chi connectivity index (χ4n) is 2.04. The van der Waals surface area contributed by atoms with Crippen molar-refractivity contribution in [3.05, 3.63) is 23.8 Å². The van der Waals surface area contributed by atoms with Gasteiger partial charge in [-0.05, 0) is 37.7 Å². The van der Waals surface area contributed by atoms with Gasteiger partial charge < -0.3 is 15.6 Å². The topological polar surface area (TPSA) is 58.7 Å². The summed E-state index contributed by atoms with van der Waals surface area (Å²) in [5.74, 6) is 0.548. The van der Waals surface area contributed by atoms with E-state index in [9.17, 15) is 5.11 Å². The third-order valence-electron chi connectivity index (χ3n) is 3.09. The maximum absolute atomic E-state index is 9.63. The molecule has 1 atom stereocenters. The Hall–Kier alpha value is -1.33. The fraction of sp³-hybridized carbons (Fsp3) is 0.500. The SMILES string of the molecule is CCCCN(C)C(C(N)=S)c1ccc(O)c(OC)c1. The number of thiocarbonyl (C=S) groups is 1. The number of rotatable bonds is 7. The third kappa shape index (κ3) is 4.08. The van der Waals surface area contributed by atoms with E-state index in [4.69, 9.17) is 22.7 Å². The molecule has 0 radical (unpaired) electrons. The lowest BCUT2D eigenvalue weighted by atomic mass is 10.0. The molecule has 5 heteroatoms. The monoisotopic (exact) mass is 282 g/mol. The molecule has 0 fully saturated rings. The molecule has 0 aliphatic rings. The smallest absolute Gasteiger partial charge is 0.160 e. The molecule has 0 amide bonds. The predicted octanol–water partition coefficient (Wildman–Crippen LogP) is 2.46. The lowest BCUT2D eigenvalue weighted by Crippen LogP contribution is -2.34. The van der Waals surface area contributed by atoms with Gasteiger partial charge in [0.2, 0.25) is 0 Å². The summed E-state index contributed by atoms with van der Waals surface area (Å²) >= 11 is 5.17. The van der Waals surface area contributed by atoms with Gasteiger partial charge in [-0.15, -0.1) is 0 Å². The van der Waals surface area contributed by atoms with Gasteiger partial charge >= 0.3 is 0 Å². The van der Waals surface area contributed by atoms with E-state index in [1.54, 1.807) is 12.1 Å². The number of aromatic hydroxyl groups is 1. The Morgan fingerprint density at radius 3 is 2.74 bits per heavy atom. The van der Waals surface area contributed by atoms with Crippen LogP contribution in [0.5, 0.6) is 11.5 Å². The van der Waals surface area contributed by atoms with Crippen LogP contribution in [0.2, 0.25) is 0 Å². The normalized spacial score (nSPS) is 12.4. The molecule has 0 spiro atoms. The highest BCUT2D eigenvalue weighted by Gasteiger charge is 2.20. The minimum Gasteiger partial charge on any atom is -0.504 e. The van der Waals surface area contributed by atoms with Crippen LogP contribution in [0.15, 0.2) is 18.2 Å². The zero-order chi connectivity index (χ0) is 14.4. The summed E-state index contributed by atoms with van der Waals surface area (Å²) in [5.41, 5.74) is 6.79. The van der Waals surface area contributed by atoms with Crippen LogP contribution in [-0.2, 0) is 0 Å². The van der Waals surface area contributed by atoms with E-state index >= 15 is 0 Å². The second-order valence-corrected chi connectivity index (χ2v) is 5.04. The second-order valence-electron chi connectivity index (χ2n) is 4.57. The Labute approximate surface area is 120 Å². The van der Waals surface area contributed by atoms with Gasteiger partial charge in [-0.2, -0.15) is 0 Å². The number of nitrogens with two attached hydrogens (primary N) is 1. The number of hydrogen-bond donors (Lipinski definition) is 2. The van der Waals surface area contributed by atoms with E-state index in [0.717, 1.165) is 24.9 Å². The van der Waals surface area contributed by atoms with Crippen LogP contribution in [0, 0.1) is 0 Å². The summed E-state index contributed by atoms with van der Waals surface area (Å²) in [6, 6.07) is 5.06. The summed E-state index contributed by atoms with van der Waals surface area (Å²) in [6.07, 6.45) is 2.21. The number of methoxy groups -OCH3 is 1. The van der Waals surface area contributed by atoms with E-state index in [0.29, 0.717) is 10.7 Å². The molecular formula is C14H22N2O2S. The molecule has 1 rings (SSSR count). The minimum absolute atomic E-state index is 0.115. The number of nitrogens with zero attached hydrogens (tertiary/aromatic N) is 1. The molecule has 4 nitrogen and oxygen atoms in total. The molecule has 19 heavy (non-hydrogen) atoms. The molecule has 0 aliphatic carbocycles. The third-order valence-corrected chi connectivity index (χ3v) is 3.32. The zero-order valence-corrected chi connectivity index (χ0v) is 12.5. The van der Waals surface area contributed by atoms with E-state index in [1.807, 2.05) is 13.1 Å². The van der Waals surface area contributed by atoms with Crippen LogP contribution in [-0.4, -0.2) is 35.7 Å². The number of likely N-dealkylation sites (N-methyl/N-ethyl adjacent to an activating group) is 1. The molecule has 0 bridgehead atoms. The van der Waals surface area contributed by atoms with Crippen LogP contribution in [0.1, 0.15) is 31.4 Å². The first-order valence-corrected chi connectivity index (χ1v) is 6.78. The summed E-state index contributed by atoms with van der Waals surface area (Å²) in [5, 5.41) is 9.63. The quantitative estimate of drug-likeness (QED) is 0.752. The number of phenolic OH excluding ortho intramolecular Hbond substituents is 1. The molecule has 0 heterocycles. The van der Waals surface area contributed by atoms with Crippen molar-refractivity contribution >= 4 is 17.2 Å². The van der Waals surface area contributed by atoms with Crippen molar-refractivity contribution in [1.82, 2.24) is 4.90 Å². The molecule has 0 aliphatic heterocycles. The van der Waals surface area contributed by atoms with E-state index in [2.05, 4.69) is 11.8 Å². The lowest BCUT2D eigenvalue weighted by molar-refractivity contribution is 0.295. The van der Waals surface area contributed by atoms with Crippen LogP contribution in [0.3, 0.4) is 0 Å². The highest BCUT2D eigenvalue weighted by molar-refractivity contribution is 7.80. The Morgan fingerprint density at radius 2 is 2.21 bits per heavy atom. The highest BCUT2D eigenvalue weighted by Crippen LogP contribution is 2.31. The van der Waals surface area contributed by atoms with Crippen LogP contribution < -0.4 is 10.5 Å². The standard InChI is InChI=1S/C14H22N2O2S/c1-4-5-8-16(2)13(14(15)19)10-6-7-11(17)12(9-10)18-3/h6-7,9,13,17H,4-5,8H2,1-3H3,(H2,15,19). The van der Waals surface area contributed by atoms with Gasteiger partial charge in [0.1, 0.15) is 0 Å². The van der Waals surface area contributed by atoms with Crippen LogP contribution >= 0.6 is 12.2 Å². The molecule has 0 saturated carbocycles. The summed E-state index contributed by atoms with van der Waals surface area (Å²) in [7, 11) is 3.52. The average Bonchev–Trinajstić information content (AvgIpc) is 2.38. The van der Waals surface area contributed by atoms with Crippen molar-refractivity contribution in [2.45, 2.75) is 25.8 Å².